The highest BCUT2D eigenvalue weighted by Gasteiger charge is 2.24. The van der Waals surface area contributed by atoms with Gasteiger partial charge in [-0.3, -0.25) is 9.36 Å². The molecule has 0 aliphatic rings. The summed E-state index contributed by atoms with van der Waals surface area (Å²) in [6.07, 6.45) is -0.621. The summed E-state index contributed by atoms with van der Waals surface area (Å²) in [6.45, 7) is 3.00. The largest absolute Gasteiger partial charge is 0.454 e. The lowest BCUT2D eigenvalue weighted by molar-refractivity contribution is -0.149. The van der Waals surface area contributed by atoms with Crippen LogP contribution >= 0.6 is 0 Å². The number of hydrogen-bond acceptors (Lipinski definition) is 5. The van der Waals surface area contributed by atoms with Crippen LogP contribution in [0.2, 0.25) is 0 Å². The van der Waals surface area contributed by atoms with E-state index >= 15 is 0 Å². The molecule has 2 aromatic carbocycles. The number of aryl methyl sites for hydroxylation is 1. The van der Waals surface area contributed by atoms with Gasteiger partial charge in [-0.1, -0.05) is 38.1 Å². The number of rotatable bonds is 10. The number of imidazole rings is 1. The number of ether oxygens (including phenoxy) is 1. The van der Waals surface area contributed by atoms with Crippen LogP contribution in [-0.4, -0.2) is 41.3 Å². The van der Waals surface area contributed by atoms with Gasteiger partial charge < -0.3 is 4.74 Å². The van der Waals surface area contributed by atoms with Gasteiger partial charge in [0.15, 0.2) is 11.9 Å². The fourth-order valence-corrected chi connectivity index (χ4v) is 5.11. The van der Waals surface area contributed by atoms with Gasteiger partial charge in [0, 0.05) is 19.5 Å². The van der Waals surface area contributed by atoms with Gasteiger partial charge in [-0.25, -0.2) is 13.4 Å². The third-order valence-electron chi connectivity index (χ3n) is 5.37. The first-order valence-corrected chi connectivity index (χ1v) is 12.2. The first-order valence-electron chi connectivity index (χ1n) is 10.7. The topological polar surface area (TPSA) is 81.5 Å². The fraction of sp³-hybridized carbons (Fsp3) is 0.391. The molecule has 10 heteroatoms. The van der Waals surface area contributed by atoms with Gasteiger partial charge in [0.2, 0.25) is 10.0 Å². The van der Waals surface area contributed by atoms with Gasteiger partial charge in [-0.05, 0) is 43.2 Å². The summed E-state index contributed by atoms with van der Waals surface area (Å²) in [4.78, 5) is 16.7. The zero-order valence-electron chi connectivity index (χ0n) is 18.7. The molecule has 1 atom stereocenters. The molecule has 0 radical (unpaired) electrons. The van der Waals surface area contributed by atoms with Crippen LogP contribution in [0.3, 0.4) is 0 Å². The number of alkyl halides is 2. The quantitative estimate of drug-likeness (QED) is 0.394. The smallest absolute Gasteiger partial charge is 0.320 e. The van der Waals surface area contributed by atoms with E-state index < -0.39 is 28.6 Å². The van der Waals surface area contributed by atoms with Gasteiger partial charge in [0.25, 0.3) is 0 Å². The molecule has 33 heavy (non-hydrogen) atoms. The van der Waals surface area contributed by atoms with Gasteiger partial charge in [-0.15, -0.1) is 0 Å². The van der Waals surface area contributed by atoms with Crippen LogP contribution in [0.1, 0.15) is 51.2 Å². The van der Waals surface area contributed by atoms with Crippen molar-refractivity contribution in [3.63, 3.8) is 0 Å². The predicted octanol–water partition coefficient (Wildman–Crippen LogP) is 4.70. The van der Waals surface area contributed by atoms with E-state index in [2.05, 4.69) is 4.98 Å². The first kappa shape index (κ1) is 24.8. The molecule has 0 saturated heterocycles. The summed E-state index contributed by atoms with van der Waals surface area (Å²) in [5.41, 5.74) is 1.43. The fourth-order valence-electron chi connectivity index (χ4n) is 3.65. The van der Waals surface area contributed by atoms with Crippen LogP contribution in [0, 0.1) is 0 Å². The van der Waals surface area contributed by atoms with E-state index in [0.29, 0.717) is 25.0 Å². The predicted molar refractivity (Wildman–Crippen MR) is 120 cm³/mol. The van der Waals surface area contributed by atoms with Gasteiger partial charge in [0.1, 0.15) is 0 Å². The van der Waals surface area contributed by atoms with Crippen molar-refractivity contribution in [1.82, 2.24) is 13.9 Å². The van der Waals surface area contributed by atoms with Crippen molar-refractivity contribution in [2.45, 2.75) is 51.2 Å². The Morgan fingerprint density at radius 2 is 1.73 bits per heavy atom. The van der Waals surface area contributed by atoms with Crippen LogP contribution in [0.4, 0.5) is 8.78 Å². The van der Waals surface area contributed by atoms with Gasteiger partial charge in [-0.2, -0.15) is 13.1 Å². The molecule has 7 nitrogen and oxygen atoms in total. The maximum atomic E-state index is 13.6. The molecule has 0 amide bonds. The number of sulfonamides is 1. The molecule has 0 N–H and O–H groups in total. The van der Waals surface area contributed by atoms with Crippen molar-refractivity contribution in [3.05, 3.63) is 59.9 Å². The normalized spacial score (nSPS) is 13.1. The number of esters is 1. The van der Waals surface area contributed by atoms with Gasteiger partial charge in [0.05, 0.1) is 15.9 Å². The van der Waals surface area contributed by atoms with Crippen molar-refractivity contribution < 1.29 is 26.7 Å². The molecule has 1 aromatic heterocycles. The van der Waals surface area contributed by atoms with Crippen LogP contribution in [0.25, 0.3) is 11.0 Å². The van der Waals surface area contributed by atoms with E-state index in [-0.39, 0.29) is 22.7 Å². The van der Waals surface area contributed by atoms with Crippen LogP contribution in [-0.2, 0) is 26.0 Å². The van der Waals surface area contributed by atoms with E-state index in [4.69, 9.17) is 4.74 Å². The minimum atomic E-state index is -3.55. The number of benzene rings is 2. The Kier molecular flexibility index (Phi) is 7.80. The molecular weight excluding hydrogens is 452 g/mol. The number of aromatic nitrogens is 2. The second kappa shape index (κ2) is 10.4. The first-order chi connectivity index (χ1) is 15.7. The zero-order valence-corrected chi connectivity index (χ0v) is 19.6. The Bertz CT molecular complexity index is 1210. The summed E-state index contributed by atoms with van der Waals surface area (Å²) >= 11 is 0. The van der Waals surface area contributed by atoms with Crippen molar-refractivity contribution in [2.75, 3.05) is 13.1 Å². The number of hydrogen-bond donors (Lipinski definition) is 0. The van der Waals surface area contributed by atoms with Crippen LogP contribution < -0.4 is 0 Å². The van der Waals surface area contributed by atoms with Gasteiger partial charge >= 0.3 is 12.5 Å². The molecule has 0 bridgehead atoms. The van der Waals surface area contributed by atoms with Crippen molar-refractivity contribution in [2.24, 2.45) is 0 Å². The third-order valence-corrected chi connectivity index (χ3v) is 7.44. The molecule has 178 valence electrons. The average Bonchev–Trinajstić information content (AvgIpc) is 3.19. The Labute approximate surface area is 192 Å². The number of halogens is 2. The molecule has 3 rings (SSSR count). The summed E-state index contributed by atoms with van der Waals surface area (Å²) in [6, 6.07) is 12.8. The van der Waals surface area contributed by atoms with Crippen molar-refractivity contribution in [1.29, 1.82) is 0 Å². The number of fused-ring (bicyclic) bond motifs is 1. The second-order valence-corrected chi connectivity index (χ2v) is 9.41. The maximum Gasteiger partial charge on any atom is 0.320 e. The Hall–Kier alpha value is -2.85. The minimum absolute atomic E-state index is 0.0153. The van der Waals surface area contributed by atoms with E-state index in [1.165, 1.54) is 29.4 Å². The highest BCUT2D eigenvalue weighted by Crippen LogP contribution is 2.28. The highest BCUT2D eigenvalue weighted by atomic mass is 32.2. The number of para-hydroxylation sites is 2. The molecule has 0 saturated carbocycles. The lowest BCUT2D eigenvalue weighted by Gasteiger charge is -2.18. The number of carbonyl (C=O) groups excluding carboxylic acids is 1. The second-order valence-electron chi connectivity index (χ2n) is 7.47. The maximum absolute atomic E-state index is 13.6. The van der Waals surface area contributed by atoms with E-state index in [9.17, 15) is 22.0 Å². The SMILES string of the molecule is CCN(CC)S(=O)(=O)c1ccc(CCC(=O)OC(C)c2nc3ccccc3n2C(F)F)cc1. The number of carbonyl (C=O) groups is 1. The standard InChI is InChI=1S/C23H27F2N3O4S/c1-4-27(5-2)33(30,31)18-13-10-17(11-14-18)12-15-21(29)32-16(3)22-26-19-8-6-7-9-20(19)28(22)23(24)25/h6-11,13-14,16,23H,4-5,12,15H2,1-3H3. The molecule has 0 fully saturated rings. The molecular formula is C23H27F2N3O4S. The zero-order chi connectivity index (χ0) is 24.2. The Morgan fingerprint density at radius 1 is 1.09 bits per heavy atom. The lowest BCUT2D eigenvalue weighted by Crippen LogP contribution is -2.30. The van der Waals surface area contributed by atoms with Crippen molar-refractivity contribution in [3.8, 4) is 0 Å². The number of nitrogens with zero attached hydrogens (tertiary/aromatic N) is 3. The van der Waals surface area contributed by atoms with E-state index in [0.717, 1.165) is 10.1 Å². The summed E-state index contributed by atoms with van der Waals surface area (Å²) < 4.78 is 59.8. The summed E-state index contributed by atoms with van der Waals surface area (Å²) in [5.74, 6) is -0.583. The molecule has 0 spiro atoms. The Morgan fingerprint density at radius 3 is 2.33 bits per heavy atom. The molecule has 1 heterocycles. The summed E-state index contributed by atoms with van der Waals surface area (Å²) in [7, 11) is -3.55. The highest BCUT2D eigenvalue weighted by molar-refractivity contribution is 7.89. The molecule has 0 aliphatic heterocycles. The molecule has 0 aliphatic carbocycles. The monoisotopic (exact) mass is 479 g/mol. The third kappa shape index (κ3) is 5.39. The van der Waals surface area contributed by atoms with Crippen LogP contribution in [0.15, 0.2) is 53.4 Å². The van der Waals surface area contributed by atoms with Crippen LogP contribution in [0.5, 0.6) is 0 Å². The molecule has 3 aromatic rings. The lowest BCUT2D eigenvalue weighted by atomic mass is 10.1. The van der Waals surface area contributed by atoms with E-state index in [1.54, 1.807) is 44.2 Å². The van der Waals surface area contributed by atoms with Crippen molar-refractivity contribution >= 4 is 27.0 Å². The summed E-state index contributed by atoms with van der Waals surface area (Å²) in [5, 5.41) is 0. The van der Waals surface area contributed by atoms with E-state index in [1.807, 2.05) is 0 Å². The molecule has 1 unspecified atom stereocenters. The Balaban J connectivity index is 1.64. The minimum Gasteiger partial charge on any atom is -0.454 e. The average molecular weight is 480 g/mol.